The van der Waals surface area contributed by atoms with Crippen LogP contribution in [0.25, 0.3) is 0 Å². The van der Waals surface area contributed by atoms with Crippen LogP contribution in [0.2, 0.25) is 5.82 Å². The van der Waals surface area contributed by atoms with E-state index in [9.17, 15) is 0 Å². The maximum Gasteiger partial charge on any atom is 0.222 e. The van der Waals surface area contributed by atoms with Crippen LogP contribution in [0.3, 0.4) is 0 Å². The number of benzene rings is 3. The van der Waals surface area contributed by atoms with Crippen LogP contribution in [-0.4, -0.2) is 12.3 Å². The summed E-state index contributed by atoms with van der Waals surface area (Å²) in [5, 5.41) is 0. The Hall–Kier alpha value is -3.72. The normalized spacial score (nSPS) is 26.8. The third-order valence-electron chi connectivity index (χ3n) is 9.71. The predicted octanol–water partition coefficient (Wildman–Crippen LogP) is 8.20. The van der Waals surface area contributed by atoms with Crippen molar-refractivity contribution in [2.75, 3.05) is 9.80 Å². The maximum absolute atomic E-state index is 2.63. The van der Waals surface area contributed by atoms with E-state index in [-0.39, 0.29) is 11.4 Å². The first-order valence-electron chi connectivity index (χ1n) is 14.4. The summed E-state index contributed by atoms with van der Waals surface area (Å²) < 4.78 is 0. The average Bonchev–Trinajstić information content (AvgIpc) is 2.90. The first-order chi connectivity index (χ1) is 18.8. The number of fused-ring (bicyclic) bond motifs is 3. The Morgan fingerprint density at radius 1 is 0.821 bits per heavy atom. The van der Waals surface area contributed by atoms with E-state index < -0.39 is 0 Å². The van der Waals surface area contributed by atoms with Gasteiger partial charge in [-0.1, -0.05) is 85.0 Å². The molecule has 3 aromatic carbocycles. The van der Waals surface area contributed by atoms with Crippen molar-refractivity contribution >= 4 is 29.2 Å². The minimum Gasteiger partial charge on any atom is -0.333 e. The summed E-state index contributed by atoms with van der Waals surface area (Å²) in [5.74, 6) is 1.23. The number of hydrogen-bond acceptors (Lipinski definition) is 2. The van der Waals surface area contributed by atoms with Gasteiger partial charge in [-0.05, 0) is 93.1 Å². The molecule has 2 aliphatic heterocycles. The van der Waals surface area contributed by atoms with Crippen molar-refractivity contribution in [1.82, 2.24) is 0 Å². The van der Waals surface area contributed by atoms with Crippen LogP contribution in [-0.2, 0) is 0 Å². The van der Waals surface area contributed by atoms with E-state index in [1.54, 1.807) is 5.47 Å². The molecular formula is C36H37BN2. The fourth-order valence-electron chi connectivity index (χ4n) is 7.74. The lowest BCUT2D eigenvalue weighted by molar-refractivity contribution is 0.502. The van der Waals surface area contributed by atoms with Gasteiger partial charge in [0.05, 0.1) is 5.54 Å². The molecule has 0 radical (unpaired) electrons. The van der Waals surface area contributed by atoms with Gasteiger partial charge in [0.15, 0.2) is 0 Å². The molecule has 4 unspecified atom stereocenters. The quantitative estimate of drug-likeness (QED) is 0.322. The van der Waals surface area contributed by atoms with Gasteiger partial charge >= 0.3 is 0 Å². The van der Waals surface area contributed by atoms with Crippen molar-refractivity contribution in [3.63, 3.8) is 0 Å². The molecule has 0 amide bonds. The van der Waals surface area contributed by atoms with Crippen molar-refractivity contribution in [3.8, 4) is 0 Å². The van der Waals surface area contributed by atoms with Crippen LogP contribution in [0.15, 0.2) is 114 Å². The fraction of sp³-hybridized carbons (Fsp3) is 0.278. The molecule has 0 N–H and O–H groups in total. The largest absolute Gasteiger partial charge is 0.333 e. The lowest BCUT2D eigenvalue weighted by Crippen LogP contribution is -2.65. The lowest BCUT2D eigenvalue weighted by atomic mass is 9.24. The number of anilines is 3. The van der Waals surface area contributed by atoms with E-state index in [0.717, 1.165) is 0 Å². The highest BCUT2D eigenvalue weighted by Crippen LogP contribution is 2.57. The molecule has 4 atom stereocenters. The zero-order valence-electron chi connectivity index (χ0n) is 23.9. The molecule has 0 spiro atoms. The minimum atomic E-state index is -0.227. The minimum absolute atomic E-state index is 0.227. The first kappa shape index (κ1) is 24.3. The summed E-state index contributed by atoms with van der Waals surface area (Å²) in [7, 11) is 0. The van der Waals surface area contributed by atoms with E-state index in [1.165, 1.54) is 50.6 Å². The molecule has 7 rings (SSSR count). The topological polar surface area (TPSA) is 6.48 Å². The Bertz CT molecular complexity index is 1620. The highest BCUT2D eigenvalue weighted by Gasteiger charge is 2.58. The third-order valence-corrected chi connectivity index (χ3v) is 9.71. The Kier molecular flexibility index (Phi) is 5.39. The van der Waals surface area contributed by atoms with Gasteiger partial charge < -0.3 is 9.80 Å². The third kappa shape index (κ3) is 3.48. The van der Waals surface area contributed by atoms with Crippen LogP contribution in [0.1, 0.15) is 37.5 Å². The molecule has 39 heavy (non-hydrogen) atoms. The zero-order chi connectivity index (χ0) is 27.1. The van der Waals surface area contributed by atoms with Crippen molar-refractivity contribution in [2.45, 2.75) is 52.9 Å². The van der Waals surface area contributed by atoms with E-state index in [2.05, 4.69) is 148 Å². The first-order valence-corrected chi connectivity index (χ1v) is 14.4. The summed E-state index contributed by atoms with van der Waals surface area (Å²) in [6.07, 6.45) is 12.0. The molecule has 194 valence electrons. The molecule has 0 saturated heterocycles. The number of rotatable bonds is 2. The van der Waals surface area contributed by atoms with Crippen molar-refractivity contribution in [1.29, 1.82) is 0 Å². The monoisotopic (exact) mass is 508 g/mol. The van der Waals surface area contributed by atoms with Crippen LogP contribution in [0.5, 0.6) is 0 Å². The molecule has 4 aliphatic rings. The molecule has 3 aromatic rings. The smallest absolute Gasteiger partial charge is 0.222 e. The molecule has 0 aromatic heterocycles. The van der Waals surface area contributed by atoms with Crippen molar-refractivity contribution in [2.24, 2.45) is 11.8 Å². The Balaban J connectivity index is 1.57. The Morgan fingerprint density at radius 2 is 1.51 bits per heavy atom. The molecular weight excluding hydrogens is 471 g/mol. The highest BCUT2D eigenvalue weighted by molar-refractivity contribution is 6.84. The number of hydrogen-bond donors (Lipinski definition) is 0. The Morgan fingerprint density at radius 3 is 2.26 bits per heavy atom. The van der Waals surface area contributed by atoms with Gasteiger partial charge in [0.2, 0.25) is 6.71 Å². The average molecular weight is 509 g/mol. The lowest BCUT2D eigenvalue weighted by Gasteiger charge is -2.59. The van der Waals surface area contributed by atoms with Gasteiger partial charge in [-0.15, -0.1) is 0 Å². The fourth-order valence-corrected chi connectivity index (χ4v) is 7.74. The standard InChI is InChI=1S/C36H37BN2/c1-23-10-7-12-28(20-23)38-32-18-16-26(4)27(5)34(32)37-30-22-25(3)15-17-31(30)39(29-13-8-11-24(2)21-29)36(6)19-9-14-33(38)35(36)37/h7-22,26-27,35H,1-6H3. The highest BCUT2D eigenvalue weighted by atomic mass is 15.2. The van der Waals surface area contributed by atoms with Crippen LogP contribution in [0, 0.1) is 32.6 Å². The summed E-state index contributed by atoms with van der Waals surface area (Å²) in [6, 6.07) is 25.2. The zero-order valence-corrected chi connectivity index (χ0v) is 23.9. The van der Waals surface area contributed by atoms with Crippen LogP contribution in [0.4, 0.5) is 17.1 Å². The number of nitrogens with zero attached hydrogens (tertiary/aromatic N) is 2. The van der Waals surface area contributed by atoms with Crippen LogP contribution >= 0.6 is 0 Å². The second kappa shape index (κ2) is 8.65. The summed E-state index contributed by atoms with van der Waals surface area (Å²) >= 11 is 0. The van der Waals surface area contributed by atoms with E-state index in [0.29, 0.717) is 18.5 Å². The SMILES string of the molecule is Cc1cccc(N2C3=CC=CC4(C)C3B(C3=C2C=CC(C)C3C)c2cc(C)ccc2N4c2cccc(C)c2)c1. The second-order valence-corrected chi connectivity index (χ2v) is 12.4. The molecule has 0 saturated carbocycles. The second-order valence-electron chi connectivity index (χ2n) is 12.4. The molecule has 2 aliphatic carbocycles. The van der Waals surface area contributed by atoms with Gasteiger partial charge in [0.25, 0.3) is 0 Å². The van der Waals surface area contributed by atoms with Gasteiger partial charge in [-0.2, -0.15) is 0 Å². The summed E-state index contributed by atoms with van der Waals surface area (Å²) in [4.78, 5) is 5.21. The molecule has 0 fully saturated rings. The molecule has 0 bridgehead atoms. The van der Waals surface area contributed by atoms with Gasteiger partial charge in [-0.25, -0.2) is 0 Å². The van der Waals surface area contributed by atoms with Gasteiger partial charge in [0.1, 0.15) is 0 Å². The van der Waals surface area contributed by atoms with E-state index in [4.69, 9.17) is 0 Å². The van der Waals surface area contributed by atoms with Crippen molar-refractivity contribution < 1.29 is 0 Å². The maximum atomic E-state index is 2.63. The number of aryl methyl sites for hydroxylation is 3. The molecule has 3 heteroatoms. The van der Waals surface area contributed by atoms with Gasteiger partial charge in [0, 0.05) is 34.3 Å². The summed E-state index contributed by atoms with van der Waals surface area (Å²) in [5.41, 5.74) is 13.4. The van der Waals surface area contributed by atoms with Gasteiger partial charge in [-0.3, -0.25) is 0 Å². The number of allylic oxidation sites excluding steroid dienone is 5. The Labute approximate surface area is 234 Å². The van der Waals surface area contributed by atoms with E-state index >= 15 is 0 Å². The summed E-state index contributed by atoms with van der Waals surface area (Å²) in [6.45, 7) is 14.3. The predicted molar refractivity (Wildman–Crippen MR) is 167 cm³/mol. The van der Waals surface area contributed by atoms with E-state index in [1.807, 2.05) is 0 Å². The van der Waals surface area contributed by atoms with Crippen LogP contribution < -0.4 is 15.3 Å². The molecule has 2 heterocycles. The molecule has 2 nitrogen and oxygen atoms in total. The van der Waals surface area contributed by atoms with Crippen molar-refractivity contribution in [3.05, 3.63) is 131 Å².